The van der Waals surface area contributed by atoms with Crippen molar-refractivity contribution in [3.63, 3.8) is 0 Å². The summed E-state index contributed by atoms with van der Waals surface area (Å²) in [6.07, 6.45) is 9.70. The lowest BCUT2D eigenvalue weighted by molar-refractivity contribution is -0.116. The van der Waals surface area contributed by atoms with Crippen LogP contribution in [0.3, 0.4) is 0 Å². The van der Waals surface area contributed by atoms with Gasteiger partial charge in [-0.15, -0.1) is 0 Å². The summed E-state index contributed by atoms with van der Waals surface area (Å²) in [5.74, 6) is 0. The molecule has 2 unspecified atom stereocenters. The van der Waals surface area contributed by atoms with Crippen LogP contribution in [0.2, 0.25) is 0 Å². The van der Waals surface area contributed by atoms with E-state index in [-0.39, 0.29) is 6.04 Å². The molecule has 0 amide bonds. The zero-order chi connectivity index (χ0) is 12.6. The molecule has 0 aromatic heterocycles. The highest BCUT2D eigenvalue weighted by atomic mass is 16.1. The van der Waals surface area contributed by atoms with Crippen LogP contribution in [0, 0.1) is 5.41 Å². The van der Waals surface area contributed by atoms with Crippen molar-refractivity contribution in [3.8, 4) is 0 Å². The summed E-state index contributed by atoms with van der Waals surface area (Å²) in [5.41, 5.74) is 6.93. The zero-order valence-corrected chi connectivity index (χ0v) is 11.0. The fourth-order valence-corrected chi connectivity index (χ4v) is 1.52. The first-order chi connectivity index (χ1) is 7.46. The Hall–Kier alpha value is -0.890. The van der Waals surface area contributed by atoms with Gasteiger partial charge in [0.05, 0.1) is 0 Å². The average Bonchev–Trinajstić information content (AvgIpc) is 2.25. The summed E-state index contributed by atoms with van der Waals surface area (Å²) < 4.78 is 0. The number of allylic oxidation sites excluding steroid dienone is 3. The van der Waals surface area contributed by atoms with E-state index >= 15 is 0 Å². The molecule has 0 saturated heterocycles. The average molecular weight is 223 g/mol. The van der Waals surface area contributed by atoms with Crippen LogP contribution in [0.15, 0.2) is 23.8 Å². The summed E-state index contributed by atoms with van der Waals surface area (Å²) in [6, 6.07) is -0.0924. The molecule has 0 heterocycles. The van der Waals surface area contributed by atoms with E-state index in [0.717, 1.165) is 25.5 Å². The van der Waals surface area contributed by atoms with Crippen LogP contribution in [0.4, 0.5) is 0 Å². The van der Waals surface area contributed by atoms with Crippen LogP contribution >= 0.6 is 0 Å². The molecule has 0 aliphatic rings. The molecule has 0 rings (SSSR count). The molecule has 0 radical (unpaired) electrons. The Morgan fingerprint density at radius 3 is 2.50 bits per heavy atom. The number of carbonyl (C=O) groups excluding carboxylic acids is 1. The first-order valence-electron chi connectivity index (χ1n) is 5.92. The van der Waals surface area contributed by atoms with Crippen LogP contribution in [-0.2, 0) is 4.79 Å². The van der Waals surface area contributed by atoms with Gasteiger partial charge >= 0.3 is 0 Å². The van der Waals surface area contributed by atoms with Crippen LogP contribution in [0.5, 0.6) is 0 Å². The van der Waals surface area contributed by atoms with Crippen molar-refractivity contribution in [2.24, 2.45) is 11.1 Å². The second kappa shape index (κ2) is 7.39. The van der Waals surface area contributed by atoms with E-state index < -0.39 is 5.41 Å². The van der Waals surface area contributed by atoms with Gasteiger partial charge in [-0.1, -0.05) is 30.7 Å². The number of hydrogen-bond donors (Lipinski definition) is 1. The Morgan fingerprint density at radius 1 is 1.44 bits per heavy atom. The minimum Gasteiger partial charge on any atom is -0.327 e. The summed E-state index contributed by atoms with van der Waals surface area (Å²) in [6.45, 7) is 8.03. The van der Waals surface area contributed by atoms with E-state index in [4.69, 9.17) is 5.73 Å². The second-order valence-corrected chi connectivity index (χ2v) is 4.86. The van der Waals surface area contributed by atoms with Crippen molar-refractivity contribution >= 4 is 6.29 Å². The summed E-state index contributed by atoms with van der Waals surface area (Å²) in [4.78, 5) is 11.2. The lowest BCUT2D eigenvalue weighted by atomic mass is 9.78. The van der Waals surface area contributed by atoms with Gasteiger partial charge in [-0.25, -0.2) is 0 Å². The van der Waals surface area contributed by atoms with E-state index in [9.17, 15) is 4.79 Å². The van der Waals surface area contributed by atoms with Crippen LogP contribution in [0.1, 0.15) is 47.0 Å². The molecule has 0 aromatic rings. The molecule has 0 saturated carbocycles. The molecule has 16 heavy (non-hydrogen) atoms. The Morgan fingerprint density at radius 2 is 2.06 bits per heavy atom. The largest absolute Gasteiger partial charge is 0.327 e. The lowest BCUT2D eigenvalue weighted by Crippen LogP contribution is -2.40. The molecule has 0 aliphatic heterocycles. The quantitative estimate of drug-likeness (QED) is 0.532. The third-order valence-corrected chi connectivity index (χ3v) is 2.98. The molecule has 2 atom stereocenters. The maximum absolute atomic E-state index is 11.2. The monoisotopic (exact) mass is 223 g/mol. The van der Waals surface area contributed by atoms with Crippen molar-refractivity contribution in [1.82, 2.24) is 0 Å². The molecular formula is C14H25NO. The number of carbonyl (C=O) groups is 1. The maximum atomic E-state index is 11.2. The van der Waals surface area contributed by atoms with Crippen LogP contribution < -0.4 is 5.73 Å². The first-order valence-corrected chi connectivity index (χ1v) is 5.92. The minimum absolute atomic E-state index is 0.0924. The second-order valence-electron chi connectivity index (χ2n) is 4.86. The summed E-state index contributed by atoms with van der Waals surface area (Å²) in [5, 5.41) is 0. The molecule has 92 valence electrons. The molecule has 0 spiro atoms. The third kappa shape index (κ3) is 5.26. The van der Waals surface area contributed by atoms with Gasteiger partial charge in [0.2, 0.25) is 0 Å². The van der Waals surface area contributed by atoms with Gasteiger partial charge in [0.15, 0.2) is 0 Å². The fourth-order valence-electron chi connectivity index (χ4n) is 1.52. The van der Waals surface area contributed by atoms with Gasteiger partial charge in [-0.05, 0) is 40.0 Å². The molecule has 0 bridgehead atoms. The van der Waals surface area contributed by atoms with Gasteiger partial charge < -0.3 is 10.5 Å². The predicted octanol–water partition coefficient (Wildman–Crippen LogP) is 3.23. The Labute approximate surface area is 99.6 Å². The van der Waals surface area contributed by atoms with E-state index in [0.29, 0.717) is 0 Å². The van der Waals surface area contributed by atoms with Gasteiger partial charge in [-0.3, -0.25) is 0 Å². The van der Waals surface area contributed by atoms with E-state index in [1.807, 2.05) is 33.8 Å². The Kier molecular flexibility index (Phi) is 6.98. The summed E-state index contributed by atoms with van der Waals surface area (Å²) in [7, 11) is 0. The number of aldehydes is 1. The highest BCUT2D eigenvalue weighted by Gasteiger charge is 2.29. The van der Waals surface area contributed by atoms with Crippen molar-refractivity contribution in [2.45, 2.75) is 53.0 Å². The topological polar surface area (TPSA) is 43.1 Å². The van der Waals surface area contributed by atoms with Gasteiger partial charge in [0, 0.05) is 11.5 Å². The standard InChI is InChI=1S/C14H25NO/c1-5-6-7-10-14(4,11-16)13(15)9-8-12(2)3/h5-6,8,11,13H,7,9-10,15H2,1-4H3/b6-5+. The lowest BCUT2D eigenvalue weighted by Gasteiger charge is -2.29. The molecule has 0 aliphatic carbocycles. The smallest absolute Gasteiger partial charge is 0.127 e. The van der Waals surface area contributed by atoms with Crippen molar-refractivity contribution in [3.05, 3.63) is 23.8 Å². The molecule has 2 nitrogen and oxygen atoms in total. The minimum atomic E-state index is -0.411. The highest BCUT2D eigenvalue weighted by Crippen LogP contribution is 2.26. The zero-order valence-electron chi connectivity index (χ0n) is 11.0. The highest BCUT2D eigenvalue weighted by molar-refractivity contribution is 5.60. The fraction of sp³-hybridized carbons (Fsp3) is 0.643. The van der Waals surface area contributed by atoms with Gasteiger partial charge in [0.1, 0.15) is 6.29 Å². The Bertz CT molecular complexity index is 264. The van der Waals surface area contributed by atoms with Crippen molar-refractivity contribution in [2.75, 3.05) is 0 Å². The molecule has 2 N–H and O–H groups in total. The number of rotatable bonds is 7. The SMILES string of the molecule is C/C=C/CCC(C)(C=O)C(N)CC=C(C)C. The van der Waals surface area contributed by atoms with Crippen LogP contribution in [0.25, 0.3) is 0 Å². The molecule has 2 heteroatoms. The van der Waals surface area contributed by atoms with Gasteiger partial charge in [0.25, 0.3) is 0 Å². The van der Waals surface area contributed by atoms with E-state index in [1.54, 1.807) is 0 Å². The summed E-state index contributed by atoms with van der Waals surface area (Å²) >= 11 is 0. The molecule has 0 fully saturated rings. The van der Waals surface area contributed by atoms with Crippen molar-refractivity contribution < 1.29 is 4.79 Å². The normalized spacial score (nSPS) is 16.8. The van der Waals surface area contributed by atoms with Crippen LogP contribution in [-0.4, -0.2) is 12.3 Å². The molecule has 0 aromatic carbocycles. The van der Waals surface area contributed by atoms with E-state index in [1.165, 1.54) is 5.57 Å². The number of nitrogens with two attached hydrogens (primary N) is 1. The third-order valence-electron chi connectivity index (χ3n) is 2.98. The predicted molar refractivity (Wildman–Crippen MR) is 70.2 cm³/mol. The maximum Gasteiger partial charge on any atom is 0.127 e. The van der Waals surface area contributed by atoms with Gasteiger partial charge in [-0.2, -0.15) is 0 Å². The number of hydrogen-bond acceptors (Lipinski definition) is 2. The first kappa shape index (κ1) is 15.1. The Balaban J connectivity index is 4.42. The van der Waals surface area contributed by atoms with E-state index in [2.05, 4.69) is 12.2 Å². The van der Waals surface area contributed by atoms with Crippen molar-refractivity contribution in [1.29, 1.82) is 0 Å². The molecular weight excluding hydrogens is 198 g/mol.